The van der Waals surface area contributed by atoms with E-state index in [4.69, 9.17) is 4.52 Å². The van der Waals surface area contributed by atoms with Crippen molar-refractivity contribution in [3.05, 3.63) is 95.4 Å². The van der Waals surface area contributed by atoms with Crippen LogP contribution in [0.1, 0.15) is 35.4 Å². The number of aromatic nitrogens is 3. The fourth-order valence-corrected chi connectivity index (χ4v) is 6.90. The number of hydrogen-bond donors (Lipinski definition) is 2. The van der Waals surface area contributed by atoms with Gasteiger partial charge in [0, 0.05) is 30.3 Å². The molecule has 2 aromatic heterocycles. The van der Waals surface area contributed by atoms with Crippen LogP contribution in [-0.2, 0) is 14.8 Å². The molecule has 10 heteroatoms. The van der Waals surface area contributed by atoms with Gasteiger partial charge in [-0.2, -0.15) is 4.31 Å². The SMILES string of the molecule is Cc1ccc(C=Cc2onc(C)c2S(=O)(=O)N2CCC(C(=O)Nc3ccc(-c4nc5ccccc5[nH]4)cc3)CC2)cc1. The van der Waals surface area contributed by atoms with Gasteiger partial charge in [0.1, 0.15) is 11.5 Å². The molecule has 0 bridgehead atoms. The zero-order valence-electron chi connectivity index (χ0n) is 23.4. The van der Waals surface area contributed by atoms with E-state index in [1.165, 1.54) is 4.31 Å². The van der Waals surface area contributed by atoms with Gasteiger partial charge in [-0.15, -0.1) is 0 Å². The number of para-hydroxylation sites is 2. The number of benzene rings is 3. The summed E-state index contributed by atoms with van der Waals surface area (Å²) in [7, 11) is -3.85. The number of nitrogens with zero attached hydrogens (tertiary/aromatic N) is 3. The molecule has 214 valence electrons. The van der Waals surface area contributed by atoms with Gasteiger partial charge in [-0.3, -0.25) is 4.79 Å². The molecule has 5 aromatic rings. The van der Waals surface area contributed by atoms with Gasteiger partial charge in [0.15, 0.2) is 10.7 Å². The minimum Gasteiger partial charge on any atom is -0.355 e. The van der Waals surface area contributed by atoms with E-state index in [9.17, 15) is 13.2 Å². The summed E-state index contributed by atoms with van der Waals surface area (Å²) in [6, 6.07) is 23.2. The smallest absolute Gasteiger partial charge is 0.248 e. The summed E-state index contributed by atoms with van der Waals surface area (Å²) in [4.78, 5) is 21.0. The quantitative estimate of drug-likeness (QED) is 0.242. The first-order chi connectivity index (χ1) is 20.3. The Morgan fingerprint density at radius 3 is 2.40 bits per heavy atom. The molecule has 2 N–H and O–H groups in total. The van der Waals surface area contributed by atoms with Gasteiger partial charge in [0.2, 0.25) is 15.9 Å². The lowest BCUT2D eigenvalue weighted by molar-refractivity contribution is -0.120. The number of carbonyl (C=O) groups is 1. The Balaban J connectivity index is 1.08. The largest absolute Gasteiger partial charge is 0.355 e. The van der Waals surface area contributed by atoms with Crippen LogP contribution in [0.2, 0.25) is 0 Å². The second kappa shape index (κ2) is 11.4. The second-order valence-corrected chi connectivity index (χ2v) is 12.4. The first kappa shape index (κ1) is 27.6. The minimum absolute atomic E-state index is 0.0679. The highest BCUT2D eigenvalue weighted by atomic mass is 32.2. The van der Waals surface area contributed by atoms with Gasteiger partial charge < -0.3 is 14.8 Å². The molecular weight excluding hydrogens is 550 g/mol. The van der Waals surface area contributed by atoms with Crippen LogP contribution in [0.4, 0.5) is 5.69 Å². The van der Waals surface area contributed by atoms with Crippen molar-refractivity contribution < 1.29 is 17.7 Å². The van der Waals surface area contributed by atoms with Crippen molar-refractivity contribution >= 4 is 44.8 Å². The third-order valence-corrected chi connectivity index (χ3v) is 9.63. The van der Waals surface area contributed by atoms with Crippen molar-refractivity contribution in [2.75, 3.05) is 18.4 Å². The highest BCUT2D eigenvalue weighted by Crippen LogP contribution is 2.30. The molecule has 3 heterocycles. The summed E-state index contributed by atoms with van der Waals surface area (Å²) in [6.07, 6.45) is 4.28. The summed E-state index contributed by atoms with van der Waals surface area (Å²) in [5.41, 5.74) is 5.83. The number of aryl methyl sites for hydroxylation is 2. The monoisotopic (exact) mass is 581 g/mol. The number of fused-ring (bicyclic) bond motifs is 1. The van der Waals surface area contributed by atoms with Crippen LogP contribution in [0, 0.1) is 19.8 Å². The van der Waals surface area contributed by atoms with Crippen molar-refractivity contribution in [1.82, 2.24) is 19.4 Å². The number of nitrogens with one attached hydrogen (secondary N) is 2. The number of amides is 1. The summed E-state index contributed by atoms with van der Waals surface area (Å²) in [5.74, 6) is 0.543. The Bertz CT molecular complexity index is 1830. The number of H-pyrrole nitrogens is 1. The number of aromatic amines is 1. The molecule has 0 saturated carbocycles. The average molecular weight is 582 g/mol. The molecule has 0 radical (unpaired) electrons. The Morgan fingerprint density at radius 1 is 0.976 bits per heavy atom. The Kier molecular flexibility index (Phi) is 7.49. The molecule has 1 amide bonds. The maximum atomic E-state index is 13.6. The maximum absolute atomic E-state index is 13.6. The highest BCUT2D eigenvalue weighted by molar-refractivity contribution is 7.89. The highest BCUT2D eigenvalue weighted by Gasteiger charge is 2.36. The molecule has 0 atom stereocenters. The van der Waals surface area contributed by atoms with Gasteiger partial charge >= 0.3 is 0 Å². The standard InChI is InChI=1S/C32H31N5O4S/c1-21-7-9-23(10-8-21)11-16-29-30(22(2)36-41-29)42(39,40)37-19-17-25(18-20-37)32(38)33-26-14-12-24(13-15-26)31-34-27-5-3-4-6-28(27)35-31/h3-16,25H,17-20H2,1-2H3,(H,33,38)(H,34,35). The van der Waals surface area contributed by atoms with E-state index in [-0.39, 0.29) is 35.6 Å². The molecule has 1 saturated heterocycles. The van der Waals surface area contributed by atoms with Crippen molar-refractivity contribution in [1.29, 1.82) is 0 Å². The molecule has 3 aromatic carbocycles. The summed E-state index contributed by atoms with van der Waals surface area (Å²) >= 11 is 0. The molecule has 1 aliphatic heterocycles. The number of piperidine rings is 1. The normalized spacial score (nSPS) is 15.0. The summed E-state index contributed by atoms with van der Waals surface area (Å²) in [6.45, 7) is 4.10. The van der Waals surface area contributed by atoms with Crippen molar-refractivity contribution in [2.24, 2.45) is 5.92 Å². The van der Waals surface area contributed by atoms with Gasteiger partial charge in [-0.1, -0.05) is 53.2 Å². The predicted octanol–water partition coefficient (Wildman–Crippen LogP) is 6.04. The first-order valence-electron chi connectivity index (χ1n) is 13.9. The lowest BCUT2D eigenvalue weighted by Gasteiger charge is -2.30. The molecule has 6 rings (SSSR count). The molecule has 0 aliphatic carbocycles. The zero-order valence-corrected chi connectivity index (χ0v) is 24.2. The van der Waals surface area contributed by atoms with Crippen LogP contribution in [0.15, 0.2) is 82.2 Å². The number of imidazole rings is 1. The summed E-state index contributed by atoms with van der Waals surface area (Å²) in [5, 5.41) is 6.91. The third kappa shape index (κ3) is 5.63. The number of hydrogen-bond acceptors (Lipinski definition) is 6. The first-order valence-corrected chi connectivity index (χ1v) is 15.3. The molecule has 0 unspecified atom stereocenters. The van der Waals surface area contributed by atoms with Crippen molar-refractivity contribution in [3.63, 3.8) is 0 Å². The van der Waals surface area contributed by atoms with Gasteiger partial charge in [-0.25, -0.2) is 13.4 Å². The predicted molar refractivity (Wildman–Crippen MR) is 163 cm³/mol. The molecular formula is C32H31N5O4S. The Hall–Kier alpha value is -4.54. The minimum atomic E-state index is -3.85. The van der Waals surface area contributed by atoms with Crippen molar-refractivity contribution in [2.45, 2.75) is 31.6 Å². The Morgan fingerprint density at radius 2 is 1.69 bits per heavy atom. The van der Waals surface area contributed by atoms with E-state index in [2.05, 4.69) is 20.4 Å². The number of rotatable bonds is 7. The molecule has 1 aliphatic rings. The molecule has 0 spiro atoms. The molecule has 42 heavy (non-hydrogen) atoms. The topological polar surface area (TPSA) is 121 Å². The van der Waals surface area contributed by atoms with Crippen LogP contribution < -0.4 is 5.32 Å². The van der Waals surface area contributed by atoms with E-state index >= 15 is 0 Å². The van der Waals surface area contributed by atoms with Crippen LogP contribution in [0.5, 0.6) is 0 Å². The van der Waals surface area contributed by atoms with E-state index in [1.807, 2.05) is 79.7 Å². The molecule has 9 nitrogen and oxygen atoms in total. The van der Waals surface area contributed by atoms with Crippen LogP contribution in [0.3, 0.4) is 0 Å². The lowest BCUT2D eigenvalue weighted by Crippen LogP contribution is -2.41. The van der Waals surface area contributed by atoms with Crippen LogP contribution >= 0.6 is 0 Å². The average Bonchev–Trinajstić information content (AvgIpc) is 3.61. The van der Waals surface area contributed by atoms with E-state index < -0.39 is 10.0 Å². The van der Waals surface area contributed by atoms with Gasteiger partial charge in [-0.05, 0) is 74.7 Å². The van der Waals surface area contributed by atoms with Gasteiger partial charge in [0.05, 0.1) is 11.0 Å². The zero-order chi connectivity index (χ0) is 29.3. The summed E-state index contributed by atoms with van der Waals surface area (Å²) < 4.78 is 34.0. The van der Waals surface area contributed by atoms with E-state index in [1.54, 1.807) is 19.1 Å². The van der Waals surface area contributed by atoms with E-state index in [0.29, 0.717) is 24.2 Å². The third-order valence-electron chi connectivity index (χ3n) is 7.58. The fourth-order valence-electron chi connectivity index (χ4n) is 5.18. The lowest BCUT2D eigenvalue weighted by atomic mass is 9.97. The molecule has 1 fully saturated rings. The fraction of sp³-hybridized carbons (Fsp3) is 0.219. The maximum Gasteiger partial charge on any atom is 0.248 e. The van der Waals surface area contributed by atoms with E-state index in [0.717, 1.165) is 33.5 Å². The number of carbonyl (C=O) groups excluding carboxylic acids is 1. The Labute approximate surface area is 244 Å². The number of sulfonamides is 1. The van der Waals surface area contributed by atoms with Crippen molar-refractivity contribution in [3.8, 4) is 11.4 Å². The number of anilines is 1. The van der Waals surface area contributed by atoms with Crippen LogP contribution in [0.25, 0.3) is 34.6 Å². The van der Waals surface area contributed by atoms with Gasteiger partial charge in [0.25, 0.3) is 0 Å². The van der Waals surface area contributed by atoms with Crippen LogP contribution in [-0.4, -0.2) is 46.8 Å². The second-order valence-electron chi connectivity index (χ2n) is 10.6.